The van der Waals surface area contributed by atoms with Crippen LogP contribution in [0.5, 0.6) is 5.75 Å². The van der Waals surface area contributed by atoms with Crippen molar-refractivity contribution in [3.63, 3.8) is 0 Å². The molecule has 1 aromatic heterocycles. The lowest BCUT2D eigenvalue weighted by atomic mass is 10.2. The summed E-state index contributed by atoms with van der Waals surface area (Å²) in [5.41, 5.74) is 2.67. The molecule has 2 aromatic carbocycles. The summed E-state index contributed by atoms with van der Waals surface area (Å²) in [6.07, 6.45) is 3.77. The first kappa shape index (κ1) is 15.2. The van der Waals surface area contributed by atoms with Gasteiger partial charge >= 0.3 is 0 Å². The fourth-order valence-corrected chi connectivity index (χ4v) is 3.17. The van der Waals surface area contributed by atoms with Crippen molar-refractivity contribution >= 4 is 11.1 Å². The van der Waals surface area contributed by atoms with E-state index in [4.69, 9.17) is 9.15 Å². The molecule has 0 amide bonds. The molecule has 0 bridgehead atoms. The van der Waals surface area contributed by atoms with Crippen LogP contribution in [0.25, 0.3) is 22.6 Å². The first-order valence-corrected chi connectivity index (χ1v) is 8.70. The van der Waals surface area contributed by atoms with Gasteiger partial charge in [-0.1, -0.05) is 12.1 Å². The molecule has 0 aliphatic carbocycles. The second kappa shape index (κ2) is 7.05. The fourth-order valence-electron chi connectivity index (χ4n) is 3.17. The zero-order chi connectivity index (χ0) is 16.2. The maximum atomic E-state index is 5.84. The van der Waals surface area contributed by atoms with Crippen LogP contribution >= 0.6 is 0 Å². The van der Waals surface area contributed by atoms with Gasteiger partial charge in [0, 0.05) is 12.1 Å². The maximum Gasteiger partial charge on any atom is 0.227 e. The molecule has 24 heavy (non-hydrogen) atoms. The number of para-hydroxylation sites is 2. The Balaban J connectivity index is 1.34. The van der Waals surface area contributed by atoms with Gasteiger partial charge in [-0.2, -0.15) is 0 Å². The minimum atomic E-state index is 0.650. The number of hydrogen-bond acceptors (Lipinski definition) is 4. The van der Waals surface area contributed by atoms with E-state index in [1.54, 1.807) is 0 Å². The van der Waals surface area contributed by atoms with E-state index in [0.717, 1.165) is 42.0 Å². The highest BCUT2D eigenvalue weighted by Crippen LogP contribution is 2.25. The minimum absolute atomic E-state index is 0.650. The molecular formula is C20H22N2O2. The molecule has 1 saturated heterocycles. The summed E-state index contributed by atoms with van der Waals surface area (Å²) in [5.74, 6) is 1.55. The molecule has 4 heteroatoms. The van der Waals surface area contributed by atoms with Gasteiger partial charge in [-0.3, -0.25) is 0 Å². The Kier molecular flexibility index (Phi) is 4.47. The standard InChI is InChI=1S/C20H22N2O2/c1-2-7-19-18(6-1)21-20(24-19)16-8-10-17(11-9-16)23-15-5-14-22-12-3-4-13-22/h1-2,6-11H,3-5,12-15H2. The third kappa shape index (κ3) is 3.44. The molecule has 3 aromatic rings. The largest absolute Gasteiger partial charge is 0.494 e. The Morgan fingerprint density at radius 2 is 1.79 bits per heavy atom. The van der Waals surface area contributed by atoms with Gasteiger partial charge in [-0.05, 0) is 68.8 Å². The molecule has 124 valence electrons. The van der Waals surface area contributed by atoms with Crippen LogP contribution in [0, 0.1) is 0 Å². The Morgan fingerprint density at radius 1 is 1.00 bits per heavy atom. The Hall–Kier alpha value is -2.33. The molecule has 1 aliphatic heterocycles. The molecule has 4 nitrogen and oxygen atoms in total. The second-order valence-electron chi connectivity index (χ2n) is 6.26. The van der Waals surface area contributed by atoms with Crippen LogP contribution in [0.2, 0.25) is 0 Å². The first-order chi connectivity index (χ1) is 11.9. The lowest BCUT2D eigenvalue weighted by molar-refractivity contribution is 0.263. The van der Waals surface area contributed by atoms with Crippen molar-refractivity contribution in [3.05, 3.63) is 48.5 Å². The van der Waals surface area contributed by atoms with Crippen LogP contribution in [0.1, 0.15) is 19.3 Å². The van der Waals surface area contributed by atoms with Crippen molar-refractivity contribution in [1.82, 2.24) is 9.88 Å². The fraction of sp³-hybridized carbons (Fsp3) is 0.350. The van der Waals surface area contributed by atoms with Crippen LogP contribution in [0.15, 0.2) is 52.9 Å². The van der Waals surface area contributed by atoms with Crippen molar-refractivity contribution in [2.24, 2.45) is 0 Å². The molecule has 1 fully saturated rings. The minimum Gasteiger partial charge on any atom is -0.494 e. The highest BCUT2D eigenvalue weighted by atomic mass is 16.5. The van der Waals surface area contributed by atoms with Crippen molar-refractivity contribution in [2.45, 2.75) is 19.3 Å². The third-order valence-electron chi connectivity index (χ3n) is 4.48. The highest BCUT2D eigenvalue weighted by molar-refractivity contribution is 5.76. The Bertz CT molecular complexity index is 756. The van der Waals surface area contributed by atoms with E-state index in [-0.39, 0.29) is 0 Å². The Labute approximate surface area is 142 Å². The van der Waals surface area contributed by atoms with Gasteiger partial charge in [0.15, 0.2) is 5.58 Å². The summed E-state index contributed by atoms with van der Waals surface area (Å²) in [6, 6.07) is 15.8. The molecule has 0 spiro atoms. The van der Waals surface area contributed by atoms with Crippen LogP contribution in [0.4, 0.5) is 0 Å². The number of fused-ring (bicyclic) bond motifs is 1. The van der Waals surface area contributed by atoms with Crippen LogP contribution in [-0.4, -0.2) is 36.1 Å². The average Bonchev–Trinajstić information content (AvgIpc) is 3.28. The van der Waals surface area contributed by atoms with Crippen molar-refractivity contribution in [2.75, 3.05) is 26.2 Å². The van der Waals surface area contributed by atoms with Gasteiger partial charge in [0.25, 0.3) is 0 Å². The van der Waals surface area contributed by atoms with E-state index in [1.165, 1.54) is 25.9 Å². The van der Waals surface area contributed by atoms with Gasteiger partial charge in [0.05, 0.1) is 6.61 Å². The monoisotopic (exact) mass is 322 g/mol. The molecular weight excluding hydrogens is 300 g/mol. The lowest BCUT2D eigenvalue weighted by Gasteiger charge is -2.14. The van der Waals surface area contributed by atoms with E-state index in [1.807, 2.05) is 48.5 Å². The van der Waals surface area contributed by atoms with Gasteiger partial charge in [-0.15, -0.1) is 0 Å². The van der Waals surface area contributed by atoms with Gasteiger partial charge in [0.1, 0.15) is 11.3 Å². The lowest BCUT2D eigenvalue weighted by Crippen LogP contribution is -2.21. The topological polar surface area (TPSA) is 38.5 Å². The molecule has 0 saturated carbocycles. The van der Waals surface area contributed by atoms with Crippen molar-refractivity contribution < 1.29 is 9.15 Å². The number of oxazole rings is 1. The molecule has 0 radical (unpaired) electrons. The number of rotatable bonds is 6. The van der Waals surface area contributed by atoms with E-state index in [2.05, 4.69) is 9.88 Å². The van der Waals surface area contributed by atoms with Crippen LogP contribution in [0.3, 0.4) is 0 Å². The highest BCUT2D eigenvalue weighted by Gasteiger charge is 2.10. The summed E-state index contributed by atoms with van der Waals surface area (Å²) >= 11 is 0. The van der Waals surface area contributed by atoms with Gasteiger partial charge in [-0.25, -0.2) is 4.98 Å². The second-order valence-corrected chi connectivity index (χ2v) is 6.26. The van der Waals surface area contributed by atoms with Crippen LogP contribution < -0.4 is 4.74 Å². The predicted molar refractivity (Wildman–Crippen MR) is 95.2 cm³/mol. The zero-order valence-corrected chi connectivity index (χ0v) is 13.8. The quantitative estimate of drug-likeness (QED) is 0.632. The van der Waals surface area contributed by atoms with Crippen molar-refractivity contribution in [3.8, 4) is 17.2 Å². The molecule has 4 rings (SSSR count). The summed E-state index contributed by atoms with van der Waals surface area (Å²) < 4.78 is 11.6. The summed E-state index contributed by atoms with van der Waals surface area (Å²) in [6.45, 7) is 4.40. The SMILES string of the molecule is c1ccc2oc(-c3ccc(OCCCN4CCCC4)cc3)nc2c1. The summed E-state index contributed by atoms with van der Waals surface area (Å²) in [4.78, 5) is 7.03. The number of likely N-dealkylation sites (tertiary alicyclic amines) is 1. The number of nitrogens with zero attached hydrogens (tertiary/aromatic N) is 2. The van der Waals surface area contributed by atoms with Gasteiger partial charge < -0.3 is 14.1 Å². The van der Waals surface area contributed by atoms with E-state index < -0.39 is 0 Å². The van der Waals surface area contributed by atoms with Crippen LogP contribution in [-0.2, 0) is 0 Å². The molecule has 1 aliphatic rings. The zero-order valence-electron chi connectivity index (χ0n) is 13.8. The van der Waals surface area contributed by atoms with Crippen molar-refractivity contribution in [1.29, 1.82) is 0 Å². The molecule has 0 unspecified atom stereocenters. The van der Waals surface area contributed by atoms with E-state index >= 15 is 0 Å². The number of ether oxygens (including phenoxy) is 1. The summed E-state index contributed by atoms with van der Waals surface area (Å²) in [5, 5.41) is 0. The third-order valence-corrected chi connectivity index (χ3v) is 4.48. The number of benzene rings is 2. The molecule has 2 heterocycles. The molecule has 0 N–H and O–H groups in total. The van der Waals surface area contributed by atoms with E-state index in [9.17, 15) is 0 Å². The normalized spacial score (nSPS) is 15.2. The van der Waals surface area contributed by atoms with E-state index in [0.29, 0.717) is 5.89 Å². The van der Waals surface area contributed by atoms with Gasteiger partial charge in [0.2, 0.25) is 5.89 Å². The predicted octanol–water partition coefficient (Wildman–Crippen LogP) is 4.36. The smallest absolute Gasteiger partial charge is 0.227 e. The average molecular weight is 322 g/mol. The number of aromatic nitrogens is 1. The molecule has 0 atom stereocenters. The first-order valence-electron chi connectivity index (χ1n) is 8.70. The maximum absolute atomic E-state index is 5.84. The summed E-state index contributed by atoms with van der Waals surface area (Å²) in [7, 11) is 0. The Morgan fingerprint density at radius 3 is 2.58 bits per heavy atom. The number of hydrogen-bond donors (Lipinski definition) is 0.